The summed E-state index contributed by atoms with van der Waals surface area (Å²) >= 11 is 0. The summed E-state index contributed by atoms with van der Waals surface area (Å²) in [4.78, 5) is 13.9. The second kappa shape index (κ2) is 4.86. The van der Waals surface area contributed by atoms with Gasteiger partial charge in [0.25, 0.3) is 5.91 Å². The molecule has 0 spiro atoms. The molecule has 3 rings (SSSR count). The highest BCUT2D eigenvalue weighted by atomic mass is 32.2. The molecular formula is C14H17NO4S. The Bertz CT molecular complexity index is 593. The quantitative estimate of drug-likeness (QED) is 0.847. The first-order chi connectivity index (χ1) is 9.46. The number of hydrogen-bond donors (Lipinski definition) is 1. The van der Waals surface area contributed by atoms with E-state index in [0.29, 0.717) is 18.7 Å². The number of rotatable bonds is 2. The van der Waals surface area contributed by atoms with Crippen molar-refractivity contribution in [3.8, 4) is 0 Å². The van der Waals surface area contributed by atoms with Gasteiger partial charge in [-0.05, 0) is 17.4 Å². The van der Waals surface area contributed by atoms with Crippen molar-refractivity contribution in [3.63, 3.8) is 0 Å². The van der Waals surface area contributed by atoms with Gasteiger partial charge < -0.3 is 10.0 Å². The topological polar surface area (TPSA) is 74.7 Å². The fraction of sp³-hybridized carbons (Fsp3) is 0.500. The number of carbonyl (C=O) groups is 1. The van der Waals surface area contributed by atoms with Gasteiger partial charge in [-0.15, -0.1) is 0 Å². The number of aliphatic hydroxyl groups excluding tert-OH is 1. The molecule has 2 heterocycles. The molecule has 1 aromatic carbocycles. The van der Waals surface area contributed by atoms with Crippen molar-refractivity contribution in [2.24, 2.45) is 11.8 Å². The van der Waals surface area contributed by atoms with Gasteiger partial charge >= 0.3 is 0 Å². The summed E-state index contributed by atoms with van der Waals surface area (Å²) in [6, 6.07) is 8.80. The first kappa shape index (κ1) is 13.6. The molecule has 2 aliphatic rings. The predicted molar refractivity (Wildman–Crippen MR) is 73.6 cm³/mol. The smallest absolute Gasteiger partial charge is 0.256 e. The lowest BCUT2D eigenvalue weighted by atomic mass is 10.0. The van der Waals surface area contributed by atoms with Crippen LogP contribution in [-0.4, -0.2) is 48.9 Å². The lowest BCUT2D eigenvalue weighted by Crippen LogP contribution is -2.35. The predicted octanol–water partition coefficient (Wildman–Crippen LogP) is 0.223. The van der Waals surface area contributed by atoms with E-state index in [-0.39, 0.29) is 29.2 Å². The molecule has 108 valence electrons. The van der Waals surface area contributed by atoms with Gasteiger partial charge in [-0.1, -0.05) is 30.3 Å². The highest BCUT2D eigenvalue weighted by molar-refractivity contribution is 7.91. The molecule has 0 radical (unpaired) electrons. The molecule has 3 atom stereocenters. The van der Waals surface area contributed by atoms with Crippen LogP contribution < -0.4 is 0 Å². The van der Waals surface area contributed by atoms with Crippen molar-refractivity contribution in [1.29, 1.82) is 0 Å². The van der Waals surface area contributed by atoms with Crippen LogP contribution in [0, 0.1) is 11.8 Å². The Hall–Kier alpha value is -1.40. The van der Waals surface area contributed by atoms with Crippen LogP contribution in [0.4, 0.5) is 0 Å². The van der Waals surface area contributed by atoms with E-state index in [1.807, 2.05) is 6.07 Å². The number of nitrogens with zero attached hydrogens (tertiary/aromatic N) is 1. The number of fused-ring (bicyclic) bond motifs is 1. The van der Waals surface area contributed by atoms with Crippen LogP contribution in [-0.2, 0) is 14.6 Å². The Kier molecular flexibility index (Phi) is 3.30. The fourth-order valence-electron chi connectivity index (χ4n) is 3.17. The fourth-order valence-corrected chi connectivity index (χ4v) is 5.36. The highest BCUT2D eigenvalue weighted by Gasteiger charge is 2.45. The summed E-state index contributed by atoms with van der Waals surface area (Å²) in [6.45, 7) is 0.874. The number of sulfone groups is 1. The molecule has 20 heavy (non-hydrogen) atoms. The molecule has 1 amide bonds. The first-order valence-corrected chi connectivity index (χ1v) is 8.50. The van der Waals surface area contributed by atoms with Crippen molar-refractivity contribution in [1.82, 2.24) is 4.90 Å². The lowest BCUT2D eigenvalue weighted by molar-refractivity contribution is -0.139. The van der Waals surface area contributed by atoms with E-state index in [9.17, 15) is 18.3 Å². The number of likely N-dealkylation sites (tertiary alicyclic amines) is 1. The van der Waals surface area contributed by atoms with Crippen molar-refractivity contribution in [2.45, 2.75) is 6.10 Å². The average molecular weight is 295 g/mol. The largest absolute Gasteiger partial charge is 0.378 e. The van der Waals surface area contributed by atoms with Crippen LogP contribution >= 0.6 is 0 Å². The van der Waals surface area contributed by atoms with E-state index in [4.69, 9.17) is 0 Å². The van der Waals surface area contributed by atoms with Gasteiger partial charge in [0.15, 0.2) is 15.9 Å². The molecular weight excluding hydrogens is 278 g/mol. The van der Waals surface area contributed by atoms with Gasteiger partial charge in [0.1, 0.15) is 0 Å². The summed E-state index contributed by atoms with van der Waals surface area (Å²) in [5.41, 5.74) is 0.571. The maximum Gasteiger partial charge on any atom is 0.256 e. The van der Waals surface area contributed by atoms with E-state index in [0.717, 1.165) is 0 Å². The number of benzene rings is 1. The normalized spacial score (nSPS) is 29.1. The minimum Gasteiger partial charge on any atom is -0.378 e. The van der Waals surface area contributed by atoms with Crippen molar-refractivity contribution < 1.29 is 18.3 Å². The standard InChI is InChI=1S/C14H17NO4S/c16-13(10-4-2-1-3-5-10)14(17)15-6-11-8-20(18,19)9-12(11)7-15/h1-5,11-13,16H,6-9H2/t11-,12+,13-/m1/s1. The zero-order valence-electron chi connectivity index (χ0n) is 11.0. The first-order valence-electron chi connectivity index (χ1n) is 6.68. The third-order valence-electron chi connectivity index (χ3n) is 4.17. The molecule has 0 saturated carbocycles. The monoisotopic (exact) mass is 295 g/mol. The summed E-state index contributed by atoms with van der Waals surface area (Å²) in [6.07, 6.45) is -1.16. The van der Waals surface area contributed by atoms with Crippen molar-refractivity contribution in [3.05, 3.63) is 35.9 Å². The van der Waals surface area contributed by atoms with E-state index in [1.54, 1.807) is 29.2 Å². The number of amides is 1. The van der Waals surface area contributed by atoms with Crippen LogP contribution in [0.15, 0.2) is 30.3 Å². The van der Waals surface area contributed by atoms with Crippen LogP contribution in [0.3, 0.4) is 0 Å². The Morgan fingerprint density at radius 1 is 1.15 bits per heavy atom. The maximum atomic E-state index is 12.3. The lowest BCUT2D eigenvalue weighted by Gasteiger charge is -2.21. The molecule has 0 unspecified atom stereocenters. The third-order valence-corrected chi connectivity index (χ3v) is 6.05. The molecule has 1 N–H and O–H groups in total. The van der Waals surface area contributed by atoms with E-state index >= 15 is 0 Å². The Morgan fingerprint density at radius 3 is 2.25 bits per heavy atom. The molecule has 5 nitrogen and oxygen atoms in total. The molecule has 2 fully saturated rings. The summed E-state index contributed by atoms with van der Waals surface area (Å²) in [5.74, 6) is 0.0769. The van der Waals surface area contributed by atoms with Gasteiger partial charge in [-0.2, -0.15) is 0 Å². The Labute approximate surface area is 118 Å². The molecule has 2 saturated heterocycles. The number of hydrogen-bond acceptors (Lipinski definition) is 4. The van der Waals surface area contributed by atoms with Crippen LogP contribution in [0.25, 0.3) is 0 Å². The van der Waals surface area contributed by atoms with Gasteiger partial charge in [0, 0.05) is 13.1 Å². The summed E-state index contributed by atoms with van der Waals surface area (Å²) < 4.78 is 23.0. The highest BCUT2D eigenvalue weighted by Crippen LogP contribution is 2.33. The zero-order valence-corrected chi connectivity index (χ0v) is 11.8. The summed E-state index contributed by atoms with van der Waals surface area (Å²) in [7, 11) is -2.93. The van der Waals surface area contributed by atoms with Gasteiger partial charge in [0.2, 0.25) is 0 Å². The van der Waals surface area contributed by atoms with Gasteiger partial charge in [-0.25, -0.2) is 8.42 Å². The second-order valence-electron chi connectivity index (χ2n) is 5.65. The van der Waals surface area contributed by atoms with Crippen molar-refractivity contribution in [2.75, 3.05) is 24.6 Å². The van der Waals surface area contributed by atoms with E-state index in [2.05, 4.69) is 0 Å². The molecule has 2 aliphatic heterocycles. The van der Waals surface area contributed by atoms with Crippen LogP contribution in [0.5, 0.6) is 0 Å². The number of carbonyl (C=O) groups excluding carboxylic acids is 1. The third kappa shape index (κ3) is 2.45. The molecule has 1 aromatic rings. The summed E-state index contributed by atoms with van der Waals surface area (Å²) in [5, 5.41) is 10.1. The van der Waals surface area contributed by atoms with Crippen LogP contribution in [0.1, 0.15) is 11.7 Å². The number of aliphatic hydroxyl groups is 1. The minimum atomic E-state index is -2.93. The molecule has 0 aliphatic carbocycles. The average Bonchev–Trinajstić information content (AvgIpc) is 2.91. The van der Waals surface area contributed by atoms with E-state index < -0.39 is 15.9 Å². The Morgan fingerprint density at radius 2 is 1.70 bits per heavy atom. The van der Waals surface area contributed by atoms with E-state index in [1.165, 1.54) is 0 Å². The second-order valence-corrected chi connectivity index (χ2v) is 7.81. The zero-order chi connectivity index (χ0) is 14.3. The minimum absolute atomic E-state index is 0.0342. The molecule has 0 bridgehead atoms. The van der Waals surface area contributed by atoms with Crippen molar-refractivity contribution >= 4 is 15.7 Å². The molecule has 6 heteroatoms. The van der Waals surface area contributed by atoms with Crippen LogP contribution in [0.2, 0.25) is 0 Å². The Balaban J connectivity index is 1.69. The molecule has 0 aromatic heterocycles. The van der Waals surface area contributed by atoms with Gasteiger partial charge in [-0.3, -0.25) is 4.79 Å². The van der Waals surface area contributed by atoms with Gasteiger partial charge in [0.05, 0.1) is 11.5 Å². The maximum absolute atomic E-state index is 12.3. The SMILES string of the molecule is O=C([C@H](O)c1ccccc1)N1C[C@@H]2CS(=O)(=O)C[C@@H]2C1.